The van der Waals surface area contributed by atoms with Gasteiger partial charge in [-0.1, -0.05) is 12.8 Å². The van der Waals surface area contributed by atoms with Crippen LogP contribution in [0.25, 0.3) is 0 Å². The first kappa shape index (κ1) is 14.0. The van der Waals surface area contributed by atoms with Crippen molar-refractivity contribution in [3.05, 3.63) is 18.2 Å². The van der Waals surface area contributed by atoms with E-state index in [0.29, 0.717) is 29.9 Å². The molecule has 106 valence electrons. The van der Waals surface area contributed by atoms with E-state index in [-0.39, 0.29) is 0 Å². The zero-order valence-corrected chi connectivity index (χ0v) is 11.6. The van der Waals surface area contributed by atoms with Crippen molar-refractivity contribution < 1.29 is 9.84 Å². The van der Waals surface area contributed by atoms with Crippen LogP contribution in [0.3, 0.4) is 0 Å². The Hall–Kier alpha value is -1.42. The highest BCUT2D eigenvalue weighted by molar-refractivity contribution is 5.61. The summed E-state index contributed by atoms with van der Waals surface area (Å²) in [5, 5.41) is 12.8. The number of aliphatic hydroxyl groups is 1. The number of anilines is 2. The second kappa shape index (κ2) is 6.66. The van der Waals surface area contributed by atoms with Crippen LogP contribution in [0.5, 0.6) is 5.75 Å². The molecule has 1 aromatic rings. The lowest BCUT2D eigenvalue weighted by molar-refractivity contribution is 0.141. The molecule has 4 heteroatoms. The molecular formula is C15H24N2O2. The van der Waals surface area contributed by atoms with Crippen LogP contribution in [0.15, 0.2) is 18.2 Å². The molecule has 1 aliphatic carbocycles. The van der Waals surface area contributed by atoms with Crippen molar-refractivity contribution in [1.82, 2.24) is 0 Å². The number of nitrogens with two attached hydrogens (primary N) is 1. The number of nitrogen functional groups attached to an aromatic ring is 1. The summed E-state index contributed by atoms with van der Waals surface area (Å²) in [5.74, 6) is 1.70. The fourth-order valence-corrected chi connectivity index (χ4v) is 2.86. The fraction of sp³-hybridized carbons (Fsp3) is 0.600. The molecule has 4 N–H and O–H groups in total. The molecular weight excluding hydrogens is 240 g/mol. The van der Waals surface area contributed by atoms with Crippen molar-refractivity contribution in [2.75, 3.05) is 31.3 Å². The van der Waals surface area contributed by atoms with E-state index in [1.165, 1.54) is 19.3 Å². The minimum atomic E-state index is 0.303. The van der Waals surface area contributed by atoms with Gasteiger partial charge in [0.1, 0.15) is 5.75 Å². The monoisotopic (exact) mass is 264 g/mol. The van der Waals surface area contributed by atoms with Crippen LogP contribution in [0.1, 0.15) is 25.7 Å². The van der Waals surface area contributed by atoms with Crippen LogP contribution in [0.4, 0.5) is 11.4 Å². The van der Waals surface area contributed by atoms with Gasteiger partial charge in [-0.25, -0.2) is 0 Å². The zero-order chi connectivity index (χ0) is 13.7. The van der Waals surface area contributed by atoms with E-state index in [2.05, 4.69) is 5.32 Å². The average Bonchev–Trinajstić information content (AvgIpc) is 2.46. The van der Waals surface area contributed by atoms with Crippen molar-refractivity contribution in [2.45, 2.75) is 25.7 Å². The molecule has 19 heavy (non-hydrogen) atoms. The van der Waals surface area contributed by atoms with Crippen LogP contribution in [0.2, 0.25) is 0 Å². The van der Waals surface area contributed by atoms with Gasteiger partial charge in [0.25, 0.3) is 0 Å². The van der Waals surface area contributed by atoms with Gasteiger partial charge in [-0.05, 0) is 36.8 Å². The van der Waals surface area contributed by atoms with Crippen molar-refractivity contribution in [3.63, 3.8) is 0 Å². The third-order valence-electron chi connectivity index (χ3n) is 4.10. The van der Waals surface area contributed by atoms with Gasteiger partial charge in [-0.3, -0.25) is 0 Å². The van der Waals surface area contributed by atoms with Gasteiger partial charge in [-0.2, -0.15) is 0 Å². The average molecular weight is 264 g/mol. The molecule has 0 amide bonds. The van der Waals surface area contributed by atoms with Crippen molar-refractivity contribution in [2.24, 2.45) is 11.8 Å². The Morgan fingerprint density at radius 3 is 2.74 bits per heavy atom. The maximum Gasteiger partial charge on any atom is 0.143 e. The molecule has 0 bridgehead atoms. The van der Waals surface area contributed by atoms with Crippen LogP contribution >= 0.6 is 0 Å². The number of aliphatic hydroxyl groups excluding tert-OH is 1. The summed E-state index contributed by atoms with van der Waals surface area (Å²) >= 11 is 0. The molecule has 0 spiro atoms. The summed E-state index contributed by atoms with van der Waals surface area (Å²) in [7, 11) is 1.62. The summed E-state index contributed by atoms with van der Waals surface area (Å²) in [5.41, 5.74) is 7.47. The maximum atomic E-state index is 9.41. The van der Waals surface area contributed by atoms with Crippen molar-refractivity contribution in [1.29, 1.82) is 0 Å². The second-order valence-electron chi connectivity index (χ2n) is 5.32. The van der Waals surface area contributed by atoms with Gasteiger partial charge in [0, 0.05) is 24.9 Å². The van der Waals surface area contributed by atoms with Crippen molar-refractivity contribution in [3.8, 4) is 5.75 Å². The zero-order valence-electron chi connectivity index (χ0n) is 11.6. The Balaban J connectivity index is 1.94. The highest BCUT2D eigenvalue weighted by Crippen LogP contribution is 2.31. The third kappa shape index (κ3) is 3.53. The molecule has 1 aliphatic rings. The molecule has 4 nitrogen and oxygen atoms in total. The van der Waals surface area contributed by atoms with E-state index in [1.54, 1.807) is 7.11 Å². The minimum Gasteiger partial charge on any atom is -0.495 e. The molecule has 0 heterocycles. The Morgan fingerprint density at radius 1 is 1.32 bits per heavy atom. The molecule has 0 radical (unpaired) electrons. The number of nitrogens with one attached hydrogen (secondary N) is 1. The van der Waals surface area contributed by atoms with E-state index < -0.39 is 0 Å². The van der Waals surface area contributed by atoms with Crippen LogP contribution < -0.4 is 15.8 Å². The van der Waals surface area contributed by atoms with Gasteiger partial charge >= 0.3 is 0 Å². The molecule has 0 aliphatic heterocycles. The molecule has 1 fully saturated rings. The predicted molar refractivity (Wildman–Crippen MR) is 78.4 cm³/mol. The Morgan fingerprint density at radius 2 is 2.05 bits per heavy atom. The van der Waals surface area contributed by atoms with E-state index in [1.807, 2.05) is 18.2 Å². The number of methoxy groups -OCH3 is 1. The SMILES string of the molecule is COc1cc(NCC2CCCCC2CO)ccc1N. The highest BCUT2D eigenvalue weighted by atomic mass is 16.5. The van der Waals surface area contributed by atoms with Crippen LogP contribution in [-0.4, -0.2) is 25.4 Å². The van der Waals surface area contributed by atoms with Gasteiger partial charge in [-0.15, -0.1) is 0 Å². The van der Waals surface area contributed by atoms with E-state index in [0.717, 1.165) is 18.7 Å². The van der Waals surface area contributed by atoms with Gasteiger partial charge < -0.3 is 20.9 Å². The van der Waals surface area contributed by atoms with Crippen LogP contribution in [-0.2, 0) is 0 Å². The number of benzene rings is 1. The van der Waals surface area contributed by atoms with Crippen molar-refractivity contribution >= 4 is 11.4 Å². The number of hydrogen-bond donors (Lipinski definition) is 3. The van der Waals surface area contributed by atoms with Crippen LogP contribution in [0, 0.1) is 11.8 Å². The lowest BCUT2D eigenvalue weighted by atomic mass is 9.79. The number of ether oxygens (including phenoxy) is 1. The number of hydrogen-bond acceptors (Lipinski definition) is 4. The molecule has 0 saturated heterocycles. The Labute approximate surface area is 115 Å². The molecule has 0 aromatic heterocycles. The molecule has 2 rings (SSSR count). The van der Waals surface area contributed by atoms with Gasteiger partial charge in [0.15, 0.2) is 0 Å². The quantitative estimate of drug-likeness (QED) is 0.715. The second-order valence-corrected chi connectivity index (χ2v) is 5.32. The summed E-state index contributed by atoms with van der Waals surface area (Å²) in [6, 6.07) is 5.74. The minimum absolute atomic E-state index is 0.303. The lowest BCUT2D eigenvalue weighted by Crippen LogP contribution is -2.28. The maximum absolute atomic E-state index is 9.41. The van der Waals surface area contributed by atoms with Gasteiger partial charge in [0.2, 0.25) is 0 Å². The van der Waals surface area contributed by atoms with E-state index in [4.69, 9.17) is 10.5 Å². The summed E-state index contributed by atoms with van der Waals surface area (Å²) in [6.45, 7) is 1.20. The first-order chi connectivity index (χ1) is 9.24. The lowest BCUT2D eigenvalue weighted by Gasteiger charge is -2.30. The normalized spacial score (nSPS) is 23.1. The first-order valence-electron chi connectivity index (χ1n) is 7.03. The topological polar surface area (TPSA) is 67.5 Å². The summed E-state index contributed by atoms with van der Waals surface area (Å²) < 4.78 is 5.21. The molecule has 2 unspecified atom stereocenters. The first-order valence-corrected chi connectivity index (χ1v) is 7.03. The summed E-state index contributed by atoms with van der Waals surface area (Å²) in [4.78, 5) is 0. The molecule has 1 aromatic carbocycles. The molecule has 1 saturated carbocycles. The standard InChI is InChI=1S/C15H24N2O2/c1-19-15-8-13(6-7-14(15)16)17-9-11-4-2-3-5-12(11)10-18/h6-8,11-12,17-18H,2-5,9-10,16H2,1H3. The smallest absolute Gasteiger partial charge is 0.143 e. The highest BCUT2D eigenvalue weighted by Gasteiger charge is 2.24. The van der Waals surface area contributed by atoms with Gasteiger partial charge in [0.05, 0.1) is 12.8 Å². The Bertz CT molecular complexity index is 409. The summed E-state index contributed by atoms with van der Waals surface area (Å²) in [6.07, 6.45) is 4.86. The van der Waals surface area contributed by atoms with E-state index >= 15 is 0 Å². The molecule has 2 atom stereocenters. The number of rotatable bonds is 5. The largest absolute Gasteiger partial charge is 0.495 e. The Kier molecular flexibility index (Phi) is 4.91. The van der Waals surface area contributed by atoms with E-state index in [9.17, 15) is 5.11 Å². The fourth-order valence-electron chi connectivity index (χ4n) is 2.86. The predicted octanol–water partition coefficient (Wildman–Crippen LogP) is 2.49. The third-order valence-corrected chi connectivity index (χ3v) is 4.10.